The van der Waals surface area contributed by atoms with Crippen LogP contribution in [0.4, 0.5) is 13.2 Å². The molecule has 0 spiro atoms. The van der Waals surface area contributed by atoms with Crippen molar-refractivity contribution >= 4 is 11.8 Å². The number of aromatic nitrogens is 1. The first-order valence-corrected chi connectivity index (χ1v) is 13.1. The molecule has 2 heterocycles. The number of rotatable bonds is 7. The van der Waals surface area contributed by atoms with Crippen LogP contribution in [0.1, 0.15) is 61.0 Å². The largest absolute Gasteiger partial charge is 0.416 e. The zero-order valence-electron chi connectivity index (χ0n) is 21.7. The predicted octanol–water partition coefficient (Wildman–Crippen LogP) is 3.73. The summed E-state index contributed by atoms with van der Waals surface area (Å²) in [5.74, 6) is -0.787. The summed E-state index contributed by atoms with van der Waals surface area (Å²) in [7, 11) is 0. The van der Waals surface area contributed by atoms with E-state index in [4.69, 9.17) is 0 Å². The second kappa shape index (κ2) is 11.4. The molecule has 1 aliphatic carbocycles. The lowest BCUT2D eigenvalue weighted by atomic mass is 9.65. The Kier molecular flexibility index (Phi) is 8.42. The maximum absolute atomic E-state index is 12.9. The molecular weight excluding hydrogens is 497 g/mol. The average molecular weight is 533 g/mol. The Hall–Kier alpha value is -2.98. The van der Waals surface area contributed by atoms with Crippen LogP contribution in [0, 0.1) is 11.8 Å². The van der Waals surface area contributed by atoms with E-state index >= 15 is 0 Å². The molecule has 1 saturated carbocycles. The third-order valence-electron chi connectivity index (χ3n) is 8.06. The van der Waals surface area contributed by atoms with Gasteiger partial charge in [-0.05, 0) is 55.4 Å². The summed E-state index contributed by atoms with van der Waals surface area (Å²) < 4.78 is 38.7. The Bertz CT molecular complexity index is 1130. The maximum atomic E-state index is 12.9. The molecule has 1 aromatic carbocycles. The highest BCUT2D eigenvalue weighted by molar-refractivity contribution is 5.96. The second-order valence-electron chi connectivity index (χ2n) is 10.6. The number of nitrogens with zero attached hydrogens (tertiary/aromatic N) is 2. The van der Waals surface area contributed by atoms with Crippen molar-refractivity contribution in [1.82, 2.24) is 20.5 Å². The highest BCUT2D eigenvalue weighted by Crippen LogP contribution is 2.47. The summed E-state index contributed by atoms with van der Waals surface area (Å²) in [4.78, 5) is 31.4. The van der Waals surface area contributed by atoms with Gasteiger partial charge in [-0.1, -0.05) is 32.4 Å². The van der Waals surface area contributed by atoms with Gasteiger partial charge in [0.05, 0.1) is 17.7 Å². The highest BCUT2D eigenvalue weighted by Gasteiger charge is 2.48. The van der Waals surface area contributed by atoms with Crippen molar-refractivity contribution in [2.75, 3.05) is 19.6 Å². The van der Waals surface area contributed by atoms with Crippen LogP contribution in [0.5, 0.6) is 0 Å². The Balaban J connectivity index is 1.29. The summed E-state index contributed by atoms with van der Waals surface area (Å²) in [5, 5.41) is 17.0. The Morgan fingerprint density at radius 3 is 2.71 bits per heavy atom. The molecule has 10 heteroatoms. The van der Waals surface area contributed by atoms with Gasteiger partial charge in [-0.2, -0.15) is 13.2 Å². The fourth-order valence-corrected chi connectivity index (χ4v) is 6.08. The Morgan fingerprint density at radius 1 is 1.24 bits per heavy atom. The summed E-state index contributed by atoms with van der Waals surface area (Å²) in [6.45, 7) is 5.43. The zero-order chi connectivity index (χ0) is 27.5. The molecule has 1 aromatic heterocycles. The monoisotopic (exact) mass is 532 g/mol. The van der Waals surface area contributed by atoms with E-state index in [1.807, 2.05) is 12.1 Å². The third kappa shape index (κ3) is 6.18. The Morgan fingerprint density at radius 2 is 2.03 bits per heavy atom. The van der Waals surface area contributed by atoms with Gasteiger partial charge in [-0.15, -0.1) is 0 Å². The first kappa shape index (κ1) is 28.0. The molecule has 7 nitrogen and oxygen atoms in total. The highest BCUT2D eigenvalue weighted by atomic mass is 19.4. The third-order valence-corrected chi connectivity index (χ3v) is 8.06. The normalized spacial score (nSPS) is 28.2. The van der Waals surface area contributed by atoms with E-state index in [1.165, 1.54) is 6.07 Å². The van der Waals surface area contributed by atoms with Gasteiger partial charge in [0.15, 0.2) is 0 Å². The minimum absolute atomic E-state index is 0.0839. The first-order chi connectivity index (χ1) is 18.0. The predicted molar refractivity (Wildman–Crippen MR) is 136 cm³/mol. The molecule has 4 rings (SSSR count). The van der Waals surface area contributed by atoms with E-state index in [-0.39, 0.29) is 41.9 Å². The minimum atomic E-state index is -4.55. The first-order valence-electron chi connectivity index (χ1n) is 13.1. The molecule has 5 atom stereocenters. The van der Waals surface area contributed by atoms with E-state index in [0.29, 0.717) is 13.0 Å². The summed E-state index contributed by atoms with van der Waals surface area (Å²) in [6, 6.07) is 8.10. The molecule has 2 amide bonds. The van der Waals surface area contributed by atoms with Crippen molar-refractivity contribution in [2.45, 2.75) is 63.4 Å². The summed E-state index contributed by atoms with van der Waals surface area (Å²) in [6.07, 6.45) is 2.00. The van der Waals surface area contributed by atoms with Crippen LogP contribution < -0.4 is 10.6 Å². The zero-order valence-corrected chi connectivity index (χ0v) is 21.7. The van der Waals surface area contributed by atoms with Crippen molar-refractivity contribution in [3.05, 3.63) is 65.5 Å². The maximum Gasteiger partial charge on any atom is 0.416 e. The smallest absolute Gasteiger partial charge is 0.385 e. The molecular formula is C28H35F3N4O3. The fraction of sp³-hybridized carbons (Fsp3) is 0.536. The molecule has 2 aliphatic rings. The van der Waals surface area contributed by atoms with Gasteiger partial charge in [0, 0.05) is 48.7 Å². The van der Waals surface area contributed by atoms with Crippen molar-refractivity contribution in [3.63, 3.8) is 0 Å². The van der Waals surface area contributed by atoms with Crippen LogP contribution in [0.25, 0.3) is 0 Å². The van der Waals surface area contributed by atoms with E-state index in [9.17, 15) is 27.9 Å². The van der Waals surface area contributed by atoms with Gasteiger partial charge >= 0.3 is 6.18 Å². The number of nitrogens with one attached hydrogen (secondary N) is 2. The lowest BCUT2D eigenvalue weighted by molar-refractivity contribution is -0.137. The molecule has 1 aliphatic heterocycles. The van der Waals surface area contributed by atoms with Crippen molar-refractivity contribution < 1.29 is 27.9 Å². The van der Waals surface area contributed by atoms with Gasteiger partial charge < -0.3 is 15.7 Å². The average Bonchev–Trinajstić information content (AvgIpc) is 3.35. The molecule has 1 saturated heterocycles. The summed E-state index contributed by atoms with van der Waals surface area (Å²) in [5.41, 5.74) is -1.12. The van der Waals surface area contributed by atoms with Crippen molar-refractivity contribution in [3.8, 4) is 0 Å². The number of aliphatic hydroxyl groups is 1. The van der Waals surface area contributed by atoms with E-state index < -0.39 is 23.2 Å². The molecule has 38 heavy (non-hydrogen) atoms. The van der Waals surface area contributed by atoms with Crippen molar-refractivity contribution in [2.24, 2.45) is 11.8 Å². The fourth-order valence-electron chi connectivity index (χ4n) is 6.08. The summed E-state index contributed by atoms with van der Waals surface area (Å²) >= 11 is 0. The van der Waals surface area contributed by atoms with Gasteiger partial charge in [0.25, 0.3) is 5.91 Å². The Labute approximate surface area is 220 Å². The molecule has 3 N–H and O–H groups in total. The number of amides is 2. The van der Waals surface area contributed by atoms with Crippen LogP contribution in [-0.2, 0) is 16.6 Å². The minimum Gasteiger partial charge on any atom is -0.385 e. The number of hydrogen-bond acceptors (Lipinski definition) is 5. The van der Waals surface area contributed by atoms with Gasteiger partial charge in [-0.25, -0.2) is 0 Å². The molecule has 2 aromatic rings. The van der Waals surface area contributed by atoms with E-state index in [1.54, 1.807) is 12.4 Å². The SMILES string of the molecule is CCC1CC(N2CC[C@@H](NC(=O)CNC(=O)c3cccc(C(F)(F)F)c3)C2)C(C)CC1(O)c1cccnc1. The molecule has 4 unspecified atom stereocenters. The van der Waals surface area contributed by atoms with Gasteiger partial charge in [0.2, 0.25) is 5.91 Å². The lowest BCUT2D eigenvalue weighted by Crippen LogP contribution is -2.52. The van der Waals surface area contributed by atoms with Crippen LogP contribution in [0.15, 0.2) is 48.8 Å². The van der Waals surface area contributed by atoms with Gasteiger partial charge in [0.1, 0.15) is 0 Å². The molecule has 0 bridgehead atoms. The second-order valence-corrected chi connectivity index (χ2v) is 10.6. The number of halogens is 3. The van der Waals surface area contributed by atoms with E-state index in [2.05, 4.69) is 34.4 Å². The van der Waals surface area contributed by atoms with E-state index in [0.717, 1.165) is 49.6 Å². The number of alkyl halides is 3. The van der Waals surface area contributed by atoms with Crippen LogP contribution >= 0.6 is 0 Å². The van der Waals surface area contributed by atoms with Gasteiger partial charge in [-0.3, -0.25) is 19.5 Å². The number of carbonyl (C=O) groups excluding carboxylic acids is 2. The van der Waals surface area contributed by atoms with Crippen LogP contribution in [-0.4, -0.2) is 58.5 Å². The number of benzene rings is 1. The number of hydrogen-bond donors (Lipinski definition) is 3. The molecule has 0 radical (unpaired) electrons. The van der Waals surface area contributed by atoms with Crippen LogP contribution in [0.2, 0.25) is 0 Å². The quantitative estimate of drug-likeness (QED) is 0.505. The topological polar surface area (TPSA) is 94.6 Å². The number of carbonyl (C=O) groups is 2. The molecule has 206 valence electrons. The number of pyridine rings is 1. The van der Waals surface area contributed by atoms with Crippen LogP contribution in [0.3, 0.4) is 0 Å². The standard InChI is InChI=1S/C28H35F3N4O3/c1-3-20-13-24(18(2)14-27(20,38)22-8-5-10-32-15-22)35-11-9-23(17-35)34-25(36)16-33-26(37)19-6-4-7-21(12-19)28(29,30)31/h4-8,10,12,15,18,20,23-24,38H,3,9,11,13-14,16-17H2,1-2H3,(H,33,37)(H,34,36)/t18?,20?,23-,24?,27?/m1/s1. The lowest BCUT2D eigenvalue weighted by Gasteiger charge is -2.49. The van der Waals surface area contributed by atoms with Crippen molar-refractivity contribution in [1.29, 1.82) is 0 Å². The molecule has 2 fully saturated rings. The number of likely N-dealkylation sites (tertiary alicyclic amines) is 1.